The lowest BCUT2D eigenvalue weighted by molar-refractivity contribution is 0.163. The third-order valence-corrected chi connectivity index (χ3v) is 3.81. The van der Waals surface area contributed by atoms with Gasteiger partial charge in [-0.3, -0.25) is 0 Å². The summed E-state index contributed by atoms with van der Waals surface area (Å²) in [5, 5.41) is 10.9. The van der Waals surface area contributed by atoms with Gasteiger partial charge in [0.2, 0.25) is 0 Å². The topological polar surface area (TPSA) is 20.2 Å². The Morgan fingerprint density at radius 1 is 1.17 bits per heavy atom. The zero-order valence-corrected chi connectivity index (χ0v) is 8.94. The molecule has 1 rings (SSSR count). The first-order valence-corrected chi connectivity index (χ1v) is 5.98. The van der Waals surface area contributed by atoms with Crippen LogP contribution < -0.4 is 0 Å². The van der Waals surface area contributed by atoms with Gasteiger partial charge in [0, 0.05) is 5.25 Å². The zero-order valence-electron chi connectivity index (χ0n) is 8.12. The van der Waals surface area contributed by atoms with Gasteiger partial charge in [-0.05, 0) is 18.1 Å². The summed E-state index contributed by atoms with van der Waals surface area (Å²) in [7, 11) is 0. The van der Waals surface area contributed by atoms with E-state index in [2.05, 4.69) is 13.8 Å². The summed E-state index contributed by atoms with van der Waals surface area (Å²) in [5.74, 6) is 0. The van der Waals surface area contributed by atoms with Gasteiger partial charge in [0.15, 0.2) is 0 Å². The van der Waals surface area contributed by atoms with Crippen molar-refractivity contribution in [1.29, 1.82) is 0 Å². The molecule has 1 N–H and O–H groups in total. The lowest BCUT2D eigenvalue weighted by Crippen LogP contribution is -2.22. The van der Waals surface area contributed by atoms with Crippen molar-refractivity contribution in [3.63, 3.8) is 0 Å². The molecule has 2 atom stereocenters. The van der Waals surface area contributed by atoms with E-state index in [0.717, 1.165) is 6.42 Å². The van der Waals surface area contributed by atoms with E-state index >= 15 is 0 Å². The molecule has 0 aromatic heterocycles. The monoisotopic (exact) mass is 188 g/mol. The lowest BCUT2D eigenvalue weighted by Gasteiger charge is -2.21. The predicted octanol–water partition coefficient (Wildman–Crippen LogP) is 2.82. The predicted molar refractivity (Wildman–Crippen MR) is 55.6 cm³/mol. The average molecular weight is 188 g/mol. The second kappa shape index (κ2) is 5.13. The van der Waals surface area contributed by atoms with Crippen LogP contribution >= 0.6 is 11.8 Å². The van der Waals surface area contributed by atoms with Crippen LogP contribution in [0.15, 0.2) is 0 Å². The minimum atomic E-state index is -0.0418. The quantitative estimate of drug-likeness (QED) is 0.672. The van der Waals surface area contributed by atoms with E-state index in [9.17, 15) is 5.11 Å². The summed E-state index contributed by atoms with van der Waals surface area (Å²) < 4.78 is 0. The van der Waals surface area contributed by atoms with E-state index in [-0.39, 0.29) is 6.10 Å². The molecule has 0 saturated heterocycles. The highest BCUT2D eigenvalue weighted by Gasteiger charge is 2.22. The highest BCUT2D eigenvalue weighted by atomic mass is 32.2. The van der Waals surface area contributed by atoms with Gasteiger partial charge in [-0.15, -0.1) is 0 Å². The number of thioether (sulfide) groups is 1. The van der Waals surface area contributed by atoms with E-state index in [4.69, 9.17) is 0 Å². The Hall–Kier alpha value is 0.310. The highest BCUT2D eigenvalue weighted by molar-refractivity contribution is 8.00. The van der Waals surface area contributed by atoms with Crippen LogP contribution in [0.1, 0.15) is 46.0 Å². The molecule has 12 heavy (non-hydrogen) atoms. The highest BCUT2D eigenvalue weighted by Crippen LogP contribution is 2.30. The molecule has 0 amide bonds. The van der Waals surface area contributed by atoms with Gasteiger partial charge in [0.25, 0.3) is 0 Å². The molecule has 0 bridgehead atoms. The molecular weight excluding hydrogens is 168 g/mol. The molecule has 0 aromatic rings. The van der Waals surface area contributed by atoms with Gasteiger partial charge in [0.1, 0.15) is 0 Å². The van der Waals surface area contributed by atoms with E-state index in [1.54, 1.807) is 0 Å². The molecule has 0 heterocycles. The van der Waals surface area contributed by atoms with Crippen LogP contribution in [0.2, 0.25) is 0 Å². The van der Waals surface area contributed by atoms with Crippen LogP contribution in [0.5, 0.6) is 0 Å². The SMILES string of the molecule is CC(C)SC1CCCCCC1O. The standard InChI is InChI=1S/C10H20OS/c1-8(2)12-10-7-5-3-4-6-9(10)11/h8-11H,3-7H2,1-2H3. The first-order chi connectivity index (χ1) is 5.70. The molecule has 2 heteroatoms. The van der Waals surface area contributed by atoms with Crippen LogP contribution in [0.4, 0.5) is 0 Å². The fourth-order valence-electron chi connectivity index (χ4n) is 1.76. The maximum Gasteiger partial charge on any atom is 0.0658 e. The van der Waals surface area contributed by atoms with E-state index in [1.165, 1.54) is 25.7 Å². The molecular formula is C10H20OS. The lowest BCUT2D eigenvalue weighted by atomic mass is 10.1. The second-order valence-corrected chi connectivity index (χ2v) is 5.75. The van der Waals surface area contributed by atoms with Crippen molar-refractivity contribution in [2.45, 2.75) is 62.6 Å². The van der Waals surface area contributed by atoms with Gasteiger partial charge in [-0.2, -0.15) is 11.8 Å². The molecule has 0 aliphatic heterocycles. The van der Waals surface area contributed by atoms with E-state index in [1.807, 2.05) is 11.8 Å². The van der Waals surface area contributed by atoms with E-state index in [0.29, 0.717) is 10.5 Å². The molecule has 1 aliphatic rings. The van der Waals surface area contributed by atoms with Crippen molar-refractivity contribution in [3.05, 3.63) is 0 Å². The van der Waals surface area contributed by atoms with E-state index < -0.39 is 0 Å². The molecule has 0 spiro atoms. The van der Waals surface area contributed by atoms with Crippen molar-refractivity contribution in [1.82, 2.24) is 0 Å². The van der Waals surface area contributed by atoms with Crippen molar-refractivity contribution >= 4 is 11.8 Å². The number of aliphatic hydroxyl groups excluding tert-OH is 1. The molecule has 1 nitrogen and oxygen atoms in total. The van der Waals surface area contributed by atoms with Crippen molar-refractivity contribution in [2.75, 3.05) is 0 Å². The van der Waals surface area contributed by atoms with Crippen molar-refractivity contribution < 1.29 is 5.11 Å². The molecule has 0 aromatic carbocycles. The Morgan fingerprint density at radius 2 is 1.83 bits per heavy atom. The first-order valence-electron chi connectivity index (χ1n) is 5.03. The third-order valence-electron chi connectivity index (χ3n) is 2.36. The fraction of sp³-hybridized carbons (Fsp3) is 1.00. The third kappa shape index (κ3) is 3.36. The van der Waals surface area contributed by atoms with Crippen LogP contribution in [-0.2, 0) is 0 Å². The number of rotatable bonds is 2. The molecule has 2 unspecified atom stereocenters. The number of hydrogen-bond acceptors (Lipinski definition) is 2. The molecule has 72 valence electrons. The molecule has 0 radical (unpaired) electrons. The summed E-state index contributed by atoms with van der Waals surface area (Å²) in [6, 6.07) is 0. The molecule has 1 aliphatic carbocycles. The number of hydrogen-bond donors (Lipinski definition) is 1. The Bertz CT molecular complexity index is 125. The summed E-state index contributed by atoms with van der Waals surface area (Å²) in [6.45, 7) is 4.42. The van der Waals surface area contributed by atoms with Crippen LogP contribution in [0.25, 0.3) is 0 Å². The van der Waals surface area contributed by atoms with Gasteiger partial charge < -0.3 is 5.11 Å². The smallest absolute Gasteiger partial charge is 0.0658 e. The minimum Gasteiger partial charge on any atom is -0.392 e. The normalized spacial score (nSPS) is 32.0. The maximum atomic E-state index is 9.78. The van der Waals surface area contributed by atoms with Gasteiger partial charge >= 0.3 is 0 Å². The van der Waals surface area contributed by atoms with Crippen molar-refractivity contribution in [2.24, 2.45) is 0 Å². The van der Waals surface area contributed by atoms with Gasteiger partial charge in [0.05, 0.1) is 6.10 Å². The fourth-order valence-corrected chi connectivity index (χ4v) is 3.08. The Labute approximate surface area is 79.9 Å². The molecule has 1 fully saturated rings. The molecule has 1 saturated carbocycles. The summed E-state index contributed by atoms with van der Waals surface area (Å²) in [6.07, 6.45) is 6.03. The zero-order chi connectivity index (χ0) is 8.97. The largest absolute Gasteiger partial charge is 0.392 e. The van der Waals surface area contributed by atoms with Crippen LogP contribution in [0, 0.1) is 0 Å². The van der Waals surface area contributed by atoms with Crippen molar-refractivity contribution in [3.8, 4) is 0 Å². The Balaban J connectivity index is 2.36. The minimum absolute atomic E-state index is 0.0418. The summed E-state index contributed by atoms with van der Waals surface area (Å²) in [4.78, 5) is 0. The summed E-state index contributed by atoms with van der Waals surface area (Å²) >= 11 is 1.95. The Morgan fingerprint density at radius 3 is 2.50 bits per heavy atom. The average Bonchev–Trinajstić information content (AvgIpc) is 2.16. The van der Waals surface area contributed by atoms with Crippen LogP contribution in [0.3, 0.4) is 0 Å². The second-order valence-electron chi connectivity index (χ2n) is 3.93. The first kappa shape index (κ1) is 10.4. The Kier molecular flexibility index (Phi) is 4.44. The van der Waals surface area contributed by atoms with Crippen LogP contribution in [-0.4, -0.2) is 21.7 Å². The maximum absolute atomic E-state index is 9.78. The van der Waals surface area contributed by atoms with Gasteiger partial charge in [-0.1, -0.05) is 33.1 Å². The summed E-state index contributed by atoms with van der Waals surface area (Å²) in [5.41, 5.74) is 0. The number of aliphatic hydroxyl groups is 1. The van der Waals surface area contributed by atoms with Gasteiger partial charge in [-0.25, -0.2) is 0 Å².